The number of hydrogen-bond acceptors (Lipinski definition) is 6. The van der Waals surface area contributed by atoms with Crippen LogP contribution in [0.3, 0.4) is 0 Å². The summed E-state index contributed by atoms with van der Waals surface area (Å²) in [6, 6.07) is 5.89. The molecule has 0 bridgehead atoms. The van der Waals surface area contributed by atoms with Gasteiger partial charge in [-0.2, -0.15) is 20.2 Å². The maximum absolute atomic E-state index is 13.5. The molecule has 0 saturated heterocycles. The van der Waals surface area contributed by atoms with Gasteiger partial charge in [-0.15, -0.1) is 0 Å². The molecule has 0 unspecified atom stereocenters. The standard InChI is InChI=1S/C13H12FN5O/c1-8-16-12(19(2)3)18-13(17-8)20-11-6-4-5-10(14)9(11)7-15/h4-6H,1-3H3. The molecular formula is C13H12FN5O. The average molecular weight is 273 g/mol. The molecule has 1 aromatic carbocycles. The number of ether oxygens (including phenoxy) is 1. The van der Waals surface area contributed by atoms with Crippen molar-refractivity contribution in [2.45, 2.75) is 6.92 Å². The molecule has 0 aliphatic rings. The summed E-state index contributed by atoms with van der Waals surface area (Å²) in [5.74, 6) is 0.308. The smallest absolute Gasteiger partial charge is 0.327 e. The van der Waals surface area contributed by atoms with E-state index < -0.39 is 5.82 Å². The van der Waals surface area contributed by atoms with Crippen molar-refractivity contribution in [3.8, 4) is 17.8 Å². The first-order valence-corrected chi connectivity index (χ1v) is 5.77. The normalized spacial score (nSPS) is 9.95. The van der Waals surface area contributed by atoms with Gasteiger partial charge >= 0.3 is 6.01 Å². The zero-order valence-electron chi connectivity index (χ0n) is 11.3. The molecule has 2 aromatic rings. The molecule has 102 valence electrons. The van der Waals surface area contributed by atoms with Gasteiger partial charge in [-0.1, -0.05) is 6.07 Å². The second kappa shape index (κ2) is 5.48. The van der Waals surface area contributed by atoms with Gasteiger partial charge in [0.05, 0.1) is 0 Å². The van der Waals surface area contributed by atoms with E-state index in [2.05, 4.69) is 15.0 Å². The summed E-state index contributed by atoms with van der Waals surface area (Å²) in [7, 11) is 3.56. The topological polar surface area (TPSA) is 74.9 Å². The van der Waals surface area contributed by atoms with E-state index in [4.69, 9.17) is 10.00 Å². The highest BCUT2D eigenvalue weighted by Crippen LogP contribution is 2.25. The Bertz CT molecular complexity index is 681. The van der Waals surface area contributed by atoms with Crippen molar-refractivity contribution in [1.29, 1.82) is 5.26 Å². The van der Waals surface area contributed by atoms with Gasteiger partial charge in [-0.25, -0.2) is 4.39 Å². The quantitative estimate of drug-likeness (QED) is 0.852. The fraction of sp³-hybridized carbons (Fsp3) is 0.231. The van der Waals surface area contributed by atoms with Gasteiger partial charge in [0.15, 0.2) is 5.75 Å². The highest BCUT2D eigenvalue weighted by atomic mass is 19.1. The third kappa shape index (κ3) is 2.80. The molecule has 7 heteroatoms. The minimum Gasteiger partial charge on any atom is -0.423 e. The van der Waals surface area contributed by atoms with Crippen molar-refractivity contribution >= 4 is 5.95 Å². The van der Waals surface area contributed by atoms with Crippen LogP contribution in [0.2, 0.25) is 0 Å². The fourth-order valence-corrected chi connectivity index (χ4v) is 1.49. The van der Waals surface area contributed by atoms with E-state index in [1.807, 2.05) is 0 Å². The minimum atomic E-state index is -0.649. The Morgan fingerprint density at radius 2 is 2.00 bits per heavy atom. The lowest BCUT2D eigenvalue weighted by Crippen LogP contribution is -2.14. The lowest BCUT2D eigenvalue weighted by molar-refractivity contribution is 0.432. The van der Waals surface area contributed by atoms with E-state index in [-0.39, 0.29) is 17.3 Å². The van der Waals surface area contributed by atoms with Crippen LogP contribution in [0.5, 0.6) is 11.8 Å². The molecule has 0 radical (unpaired) electrons. The van der Waals surface area contributed by atoms with Crippen molar-refractivity contribution in [2.75, 3.05) is 19.0 Å². The third-order valence-electron chi connectivity index (χ3n) is 2.40. The van der Waals surface area contributed by atoms with Crippen molar-refractivity contribution in [3.63, 3.8) is 0 Å². The molecule has 0 aliphatic heterocycles. The van der Waals surface area contributed by atoms with E-state index >= 15 is 0 Å². The van der Waals surface area contributed by atoms with E-state index in [0.29, 0.717) is 11.8 Å². The summed E-state index contributed by atoms with van der Waals surface area (Å²) in [6.07, 6.45) is 0. The Kier molecular flexibility index (Phi) is 3.75. The lowest BCUT2D eigenvalue weighted by Gasteiger charge is -2.12. The second-order valence-corrected chi connectivity index (χ2v) is 4.19. The maximum Gasteiger partial charge on any atom is 0.327 e. The van der Waals surface area contributed by atoms with Gasteiger partial charge in [-0.3, -0.25) is 0 Å². The molecule has 20 heavy (non-hydrogen) atoms. The summed E-state index contributed by atoms with van der Waals surface area (Å²) in [6.45, 7) is 1.69. The van der Waals surface area contributed by atoms with Crippen molar-refractivity contribution in [2.24, 2.45) is 0 Å². The molecule has 0 N–H and O–H groups in total. The first kappa shape index (κ1) is 13.7. The minimum absolute atomic E-state index is 0.0169. The second-order valence-electron chi connectivity index (χ2n) is 4.19. The fourth-order valence-electron chi connectivity index (χ4n) is 1.49. The maximum atomic E-state index is 13.5. The van der Waals surface area contributed by atoms with Crippen molar-refractivity contribution < 1.29 is 9.13 Å². The summed E-state index contributed by atoms with van der Waals surface area (Å²) in [5.41, 5.74) is -0.183. The van der Waals surface area contributed by atoms with Crippen LogP contribution in [0.15, 0.2) is 18.2 Å². The molecule has 1 aromatic heterocycles. The van der Waals surface area contributed by atoms with Crippen LogP contribution in [0.4, 0.5) is 10.3 Å². The summed E-state index contributed by atoms with van der Waals surface area (Å²) >= 11 is 0. The summed E-state index contributed by atoms with van der Waals surface area (Å²) in [5, 5.41) is 8.94. The number of anilines is 1. The Labute approximate surface area is 115 Å². The highest BCUT2D eigenvalue weighted by molar-refractivity contribution is 5.45. The van der Waals surface area contributed by atoms with Crippen molar-refractivity contribution in [1.82, 2.24) is 15.0 Å². The molecule has 0 aliphatic carbocycles. The number of nitrogens with zero attached hydrogens (tertiary/aromatic N) is 5. The predicted octanol–water partition coefficient (Wildman–Crippen LogP) is 2.05. The van der Waals surface area contributed by atoms with Gasteiger partial charge in [0.1, 0.15) is 23.3 Å². The van der Waals surface area contributed by atoms with Gasteiger partial charge in [0.25, 0.3) is 0 Å². The number of nitriles is 1. The van der Waals surface area contributed by atoms with E-state index in [0.717, 1.165) is 0 Å². The number of benzene rings is 1. The number of aromatic nitrogens is 3. The molecule has 0 spiro atoms. The number of rotatable bonds is 3. The Morgan fingerprint density at radius 3 is 2.65 bits per heavy atom. The highest BCUT2D eigenvalue weighted by Gasteiger charge is 2.13. The Morgan fingerprint density at radius 1 is 1.25 bits per heavy atom. The lowest BCUT2D eigenvalue weighted by atomic mass is 10.2. The molecule has 1 heterocycles. The van der Waals surface area contributed by atoms with Gasteiger partial charge in [0, 0.05) is 14.1 Å². The van der Waals surface area contributed by atoms with Gasteiger partial charge in [0.2, 0.25) is 5.95 Å². The third-order valence-corrected chi connectivity index (χ3v) is 2.40. The number of halogens is 1. The predicted molar refractivity (Wildman–Crippen MR) is 70.1 cm³/mol. The zero-order chi connectivity index (χ0) is 14.7. The molecule has 2 rings (SSSR count). The van der Waals surface area contributed by atoms with Crippen LogP contribution in [0, 0.1) is 24.1 Å². The van der Waals surface area contributed by atoms with Crippen LogP contribution in [0.25, 0.3) is 0 Å². The Balaban J connectivity index is 2.41. The van der Waals surface area contributed by atoms with Gasteiger partial charge < -0.3 is 9.64 Å². The van der Waals surface area contributed by atoms with Gasteiger partial charge in [-0.05, 0) is 19.1 Å². The van der Waals surface area contributed by atoms with Crippen molar-refractivity contribution in [3.05, 3.63) is 35.4 Å². The van der Waals surface area contributed by atoms with Crippen LogP contribution in [-0.2, 0) is 0 Å². The first-order valence-electron chi connectivity index (χ1n) is 5.77. The monoisotopic (exact) mass is 273 g/mol. The SMILES string of the molecule is Cc1nc(Oc2cccc(F)c2C#N)nc(N(C)C)n1. The first-order chi connectivity index (χ1) is 9.51. The molecule has 6 nitrogen and oxygen atoms in total. The van der Waals surface area contributed by atoms with E-state index in [1.165, 1.54) is 18.2 Å². The average Bonchev–Trinajstić information content (AvgIpc) is 2.38. The van der Waals surface area contributed by atoms with Crippen LogP contribution >= 0.6 is 0 Å². The van der Waals surface area contributed by atoms with Crippen LogP contribution < -0.4 is 9.64 Å². The zero-order valence-corrected chi connectivity index (χ0v) is 11.3. The molecule has 0 fully saturated rings. The van der Waals surface area contributed by atoms with Crippen LogP contribution in [0.1, 0.15) is 11.4 Å². The largest absolute Gasteiger partial charge is 0.423 e. The molecule has 0 saturated carbocycles. The summed E-state index contributed by atoms with van der Waals surface area (Å²) in [4.78, 5) is 13.9. The number of aryl methyl sites for hydroxylation is 1. The molecule has 0 amide bonds. The van der Waals surface area contributed by atoms with E-state index in [1.54, 1.807) is 32.0 Å². The van der Waals surface area contributed by atoms with Crippen LogP contribution in [-0.4, -0.2) is 29.0 Å². The number of hydrogen-bond donors (Lipinski definition) is 0. The molecular weight excluding hydrogens is 261 g/mol. The summed E-state index contributed by atoms with van der Waals surface area (Å²) < 4.78 is 18.9. The Hall–Kier alpha value is -2.75. The molecule has 0 atom stereocenters. The van der Waals surface area contributed by atoms with E-state index in [9.17, 15) is 4.39 Å².